The van der Waals surface area contributed by atoms with Gasteiger partial charge in [-0.25, -0.2) is 9.18 Å². The molecule has 0 aromatic heterocycles. The van der Waals surface area contributed by atoms with E-state index >= 15 is 0 Å². The van der Waals surface area contributed by atoms with E-state index < -0.39 is 5.41 Å². The van der Waals surface area contributed by atoms with E-state index in [0.29, 0.717) is 18.7 Å². The van der Waals surface area contributed by atoms with Crippen molar-refractivity contribution in [1.29, 1.82) is 5.26 Å². The summed E-state index contributed by atoms with van der Waals surface area (Å²) in [6, 6.07) is 9.05. The third-order valence-electron chi connectivity index (χ3n) is 3.53. The van der Waals surface area contributed by atoms with Crippen molar-refractivity contribution in [3.8, 4) is 6.07 Å². The highest BCUT2D eigenvalue weighted by Crippen LogP contribution is 2.23. The third-order valence-corrected chi connectivity index (χ3v) is 3.53. The first kappa shape index (κ1) is 15.0. The van der Waals surface area contributed by atoms with Crippen molar-refractivity contribution in [2.45, 2.75) is 25.7 Å². The molecule has 0 atom stereocenters. The number of hydrogen-bond acceptors (Lipinski definition) is 2. The number of hydrogen-bond donors (Lipinski definition) is 1. The van der Waals surface area contributed by atoms with Crippen molar-refractivity contribution >= 4 is 11.7 Å². The van der Waals surface area contributed by atoms with Gasteiger partial charge in [0.15, 0.2) is 0 Å². The molecule has 2 rings (SSSR count). The van der Waals surface area contributed by atoms with E-state index in [-0.39, 0.29) is 18.4 Å². The zero-order chi connectivity index (χ0) is 15.5. The molecule has 4 nitrogen and oxygen atoms in total. The largest absolute Gasteiger partial charge is 0.322 e. The van der Waals surface area contributed by atoms with Gasteiger partial charge in [-0.15, -0.1) is 0 Å². The Hall–Kier alpha value is -2.35. The Labute approximate surface area is 123 Å². The number of benzene rings is 1. The van der Waals surface area contributed by atoms with Crippen LogP contribution in [0.5, 0.6) is 0 Å². The summed E-state index contributed by atoms with van der Waals surface area (Å²) < 4.78 is 13.2. The van der Waals surface area contributed by atoms with Gasteiger partial charge < -0.3 is 10.2 Å². The molecule has 0 radical (unpaired) electrons. The van der Waals surface area contributed by atoms with Crippen molar-refractivity contribution in [2.75, 3.05) is 18.4 Å². The topological polar surface area (TPSA) is 56.1 Å². The van der Waals surface area contributed by atoms with Gasteiger partial charge in [-0.1, -0.05) is 12.1 Å². The predicted molar refractivity (Wildman–Crippen MR) is 79.5 cm³/mol. The number of carbonyl (C=O) groups excluding carboxylic acids is 1. The van der Waals surface area contributed by atoms with Gasteiger partial charge in [0, 0.05) is 12.2 Å². The molecule has 1 aromatic carbocycles. The zero-order valence-corrected chi connectivity index (χ0v) is 12.2. The van der Waals surface area contributed by atoms with Crippen LogP contribution in [0.1, 0.15) is 25.8 Å². The fourth-order valence-corrected chi connectivity index (χ4v) is 2.11. The fourth-order valence-electron chi connectivity index (χ4n) is 2.11. The van der Waals surface area contributed by atoms with Crippen molar-refractivity contribution < 1.29 is 9.18 Å². The summed E-state index contributed by atoms with van der Waals surface area (Å²) in [5.41, 5.74) is 0.950. The number of nitrogens with zero attached hydrogens (tertiary/aromatic N) is 2. The lowest BCUT2D eigenvalue weighted by Gasteiger charge is -2.25. The molecule has 1 N–H and O–H groups in total. The SMILES string of the molecule is CC(C)(C#N)c1ccc(NC(=O)N2CCC=C(F)C2)cc1. The van der Waals surface area contributed by atoms with Gasteiger partial charge in [-0.05, 0) is 44.0 Å². The van der Waals surface area contributed by atoms with E-state index in [9.17, 15) is 9.18 Å². The van der Waals surface area contributed by atoms with E-state index in [1.54, 1.807) is 12.1 Å². The van der Waals surface area contributed by atoms with Crippen molar-refractivity contribution in [3.63, 3.8) is 0 Å². The molecule has 0 saturated carbocycles. The van der Waals surface area contributed by atoms with Gasteiger partial charge in [-0.2, -0.15) is 5.26 Å². The molecule has 2 amide bonds. The Kier molecular flexibility index (Phi) is 4.27. The van der Waals surface area contributed by atoms with E-state index in [4.69, 9.17) is 5.26 Å². The summed E-state index contributed by atoms with van der Waals surface area (Å²) >= 11 is 0. The maximum atomic E-state index is 13.2. The highest BCUT2D eigenvalue weighted by atomic mass is 19.1. The first-order valence-electron chi connectivity index (χ1n) is 6.84. The number of halogens is 1. The lowest BCUT2D eigenvalue weighted by Crippen LogP contribution is -2.38. The van der Waals surface area contributed by atoms with E-state index in [1.807, 2.05) is 26.0 Å². The first-order valence-corrected chi connectivity index (χ1v) is 6.84. The number of anilines is 1. The quantitative estimate of drug-likeness (QED) is 0.904. The van der Waals surface area contributed by atoms with Gasteiger partial charge in [0.1, 0.15) is 5.83 Å². The van der Waals surface area contributed by atoms with E-state index in [2.05, 4.69) is 11.4 Å². The molecule has 0 saturated heterocycles. The number of amides is 2. The Morgan fingerprint density at radius 2 is 2.05 bits per heavy atom. The van der Waals surface area contributed by atoms with Crippen molar-refractivity contribution in [2.24, 2.45) is 0 Å². The molecule has 0 unspecified atom stereocenters. The second kappa shape index (κ2) is 5.96. The number of rotatable bonds is 2. The fraction of sp³-hybridized carbons (Fsp3) is 0.375. The van der Waals surface area contributed by atoms with Crippen LogP contribution in [0.4, 0.5) is 14.9 Å². The van der Waals surface area contributed by atoms with Crippen LogP contribution in [0.15, 0.2) is 36.2 Å². The molecule has 0 spiro atoms. The average molecular weight is 287 g/mol. The summed E-state index contributed by atoms with van der Waals surface area (Å²) in [5, 5.41) is 11.8. The van der Waals surface area contributed by atoms with Gasteiger partial charge in [0.2, 0.25) is 0 Å². The molecule has 110 valence electrons. The minimum Gasteiger partial charge on any atom is -0.318 e. The van der Waals surface area contributed by atoms with Crippen LogP contribution < -0.4 is 5.32 Å². The Morgan fingerprint density at radius 1 is 1.38 bits per heavy atom. The van der Waals surface area contributed by atoms with Gasteiger partial charge in [0.25, 0.3) is 0 Å². The number of nitriles is 1. The molecule has 5 heteroatoms. The predicted octanol–water partition coefficient (Wildman–Crippen LogP) is 3.58. The number of carbonyl (C=O) groups is 1. The first-order chi connectivity index (χ1) is 9.92. The summed E-state index contributed by atoms with van der Waals surface area (Å²) in [5.74, 6) is -0.275. The van der Waals surface area contributed by atoms with Gasteiger partial charge in [-0.3, -0.25) is 0 Å². The van der Waals surface area contributed by atoms with Crippen LogP contribution in [-0.4, -0.2) is 24.0 Å². The second-order valence-electron chi connectivity index (χ2n) is 5.61. The van der Waals surface area contributed by atoms with Crippen LogP contribution in [0.25, 0.3) is 0 Å². The smallest absolute Gasteiger partial charge is 0.318 e. The molecule has 1 aliphatic rings. The van der Waals surface area contributed by atoms with Crippen LogP contribution in [-0.2, 0) is 5.41 Å². The maximum absolute atomic E-state index is 13.2. The Morgan fingerprint density at radius 3 is 2.62 bits per heavy atom. The van der Waals surface area contributed by atoms with Crippen molar-refractivity contribution in [3.05, 3.63) is 41.7 Å². The zero-order valence-electron chi connectivity index (χ0n) is 12.2. The monoisotopic (exact) mass is 287 g/mol. The van der Waals surface area contributed by atoms with Gasteiger partial charge in [0.05, 0.1) is 18.0 Å². The number of nitrogens with one attached hydrogen (secondary N) is 1. The maximum Gasteiger partial charge on any atom is 0.322 e. The normalized spacial score (nSPS) is 15.1. The summed E-state index contributed by atoms with van der Waals surface area (Å²) in [6.07, 6.45) is 2.04. The molecular weight excluding hydrogens is 269 g/mol. The molecule has 0 fully saturated rings. The standard InChI is InChI=1S/C16H18FN3O/c1-16(2,11-18)12-5-7-14(8-6-12)19-15(21)20-9-3-4-13(17)10-20/h4-8H,3,9-10H2,1-2H3,(H,19,21). The summed E-state index contributed by atoms with van der Waals surface area (Å²) in [6.45, 7) is 4.21. The molecule has 0 bridgehead atoms. The molecule has 1 aliphatic heterocycles. The minimum atomic E-state index is -0.566. The molecular formula is C16H18FN3O. The van der Waals surface area contributed by atoms with E-state index in [1.165, 1.54) is 11.0 Å². The lowest BCUT2D eigenvalue weighted by molar-refractivity contribution is 0.210. The van der Waals surface area contributed by atoms with Crippen LogP contribution in [0.3, 0.4) is 0 Å². The van der Waals surface area contributed by atoms with Crippen LogP contribution in [0, 0.1) is 11.3 Å². The molecule has 21 heavy (non-hydrogen) atoms. The van der Waals surface area contributed by atoms with Crippen molar-refractivity contribution in [1.82, 2.24) is 4.90 Å². The number of urea groups is 1. The summed E-state index contributed by atoms with van der Waals surface area (Å²) in [7, 11) is 0. The molecule has 1 aromatic rings. The van der Waals surface area contributed by atoms with Crippen LogP contribution in [0.2, 0.25) is 0 Å². The Balaban J connectivity index is 2.02. The highest BCUT2D eigenvalue weighted by molar-refractivity contribution is 5.89. The summed E-state index contributed by atoms with van der Waals surface area (Å²) in [4.78, 5) is 13.5. The lowest BCUT2D eigenvalue weighted by atomic mass is 9.86. The Bertz CT molecular complexity index is 599. The van der Waals surface area contributed by atoms with Gasteiger partial charge >= 0.3 is 6.03 Å². The second-order valence-corrected chi connectivity index (χ2v) is 5.61. The minimum absolute atomic E-state index is 0.0192. The third kappa shape index (κ3) is 3.60. The molecule has 1 heterocycles. The van der Waals surface area contributed by atoms with E-state index in [0.717, 1.165) is 5.56 Å². The highest BCUT2D eigenvalue weighted by Gasteiger charge is 2.20. The average Bonchev–Trinajstić information content (AvgIpc) is 2.48. The molecule has 0 aliphatic carbocycles. The van der Waals surface area contributed by atoms with Crippen LogP contribution >= 0.6 is 0 Å².